The summed E-state index contributed by atoms with van der Waals surface area (Å²) in [5, 5.41) is 6.76. The van der Waals surface area contributed by atoms with Crippen molar-refractivity contribution in [2.75, 3.05) is 32.0 Å². The standard InChI is InChI=1S/C16H28N4O2/c1-5-6-7-14(20-9-8-19(4)11-12(20)2)16(21)17-15-10-13(3)22-18-15/h10,12,14H,5-9,11H2,1-4H3,(H,17,18,21)/t12-,14-/m1/s1. The number of aryl methyl sites for hydroxylation is 1. The summed E-state index contributed by atoms with van der Waals surface area (Å²) in [6.45, 7) is 9.10. The van der Waals surface area contributed by atoms with Gasteiger partial charge in [-0.15, -0.1) is 0 Å². The second-order valence-corrected chi connectivity index (χ2v) is 6.32. The minimum atomic E-state index is -0.0966. The van der Waals surface area contributed by atoms with Crippen LogP contribution in [-0.2, 0) is 4.79 Å². The van der Waals surface area contributed by atoms with Gasteiger partial charge in [0, 0.05) is 31.7 Å². The van der Waals surface area contributed by atoms with Crippen molar-refractivity contribution in [2.45, 2.75) is 52.1 Å². The van der Waals surface area contributed by atoms with Crippen LogP contribution in [0.5, 0.6) is 0 Å². The lowest BCUT2D eigenvalue weighted by atomic mass is 10.0. The second kappa shape index (κ2) is 7.74. The monoisotopic (exact) mass is 308 g/mol. The Labute approximate surface area is 132 Å². The SMILES string of the molecule is CCCC[C@H](C(=O)Nc1cc(C)on1)N1CCN(C)C[C@H]1C. The lowest BCUT2D eigenvalue weighted by Gasteiger charge is -2.42. The molecule has 1 aliphatic heterocycles. The van der Waals surface area contributed by atoms with Crippen LogP contribution in [-0.4, -0.2) is 59.6 Å². The molecule has 1 saturated heterocycles. The quantitative estimate of drug-likeness (QED) is 0.872. The maximum Gasteiger partial charge on any atom is 0.242 e. The molecular weight excluding hydrogens is 280 g/mol. The molecule has 1 aromatic rings. The van der Waals surface area contributed by atoms with E-state index in [1.165, 1.54) is 0 Å². The number of anilines is 1. The van der Waals surface area contributed by atoms with Crippen molar-refractivity contribution in [2.24, 2.45) is 0 Å². The Morgan fingerprint density at radius 1 is 1.55 bits per heavy atom. The van der Waals surface area contributed by atoms with E-state index >= 15 is 0 Å². The summed E-state index contributed by atoms with van der Waals surface area (Å²) in [5.74, 6) is 1.23. The molecule has 0 aromatic carbocycles. The third-order valence-electron chi connectivity index (χ3n) is 4.30. The fraction of sp³-hybridized carbons (Fsp3) is 0.750. The smallest absolute Gasteiger partial charge is 0.242 e. The number of nitrogens with zero attached hydrogens (tertiary/aromatic N) is 3. The molecule has 0 spiro atoms. The van der Waals surface area contributed by atoms with E-state index in [4.69, 9.17) is 4.52 Å². The molecule has 6 nitrogen and oxygen atoms in total. The van der Waals surface area contributed by atoms with Gasteiger partial charge in [0.15, 0.2) is 5.82 Å². The zero-order valence-corrected chi connectivity index (χ0v) is 14.1. The molecule has 2 rings (SSSR count). The Morgan fingerprint density at radius 2 is 2.32 bits per heavy atom. The van der Waals surface area contributed by atoms with Crippen LogP contribution in [0.2, 0.25) is 0 Å². The molecule has 1 N–H and O–H groups in total. The summed E-state index contributed by atoms with van der Waals surface area (Å²) < 4.78 is 5.02. The number of unbranched alkanes of at least 4 members (excludes halogenated alkanes) is 1. The largest absolute Gasteiger partial charge is 0.360 e. The summed E-state index contributed by atoms with van der Waals surface area (Å²) >= 11 is 0. The zero-order valence-electron chi connectivity index (χ0n) is 14.1. The number of rotatable bonds is 6. The molecule has 1 fully saturated rings. The molecule has 124 valence electrons. The van der Waals surface area contributed by atoms with Crippen LogP contribution in [0, 0.1) is 6.92 Å². The average molecular weight is 308 g/mol. The molecule has 1 aliphatic rings. The van der Waals surface area contributed by atoms with Crippen LogP contribution in [0.4, 0.5) is 5.82 Å². The first-order chi connectivity index (χ1) is 10.5. The molecule has 1 aromatic heterocycles. The highest BCUT2D eigenvalue weighted by Crippen LogP contribution is 2.18. The van der Waals surface area contributed by atoms with Gasteiger partial charge in [-0.1, -0.05) is 24.9 Å². The molecule has 0 unspecified atom stereocenters. The summed E-state index contributed by atoms with van der Waals surface area (Å²) in [4.78, 5) is 17.4. The number of carbonyl (C=O) groups is 1. The number of piperazine rings is 1. The first-order valence-corrected chi connectivity index (χ1v) is 8.19. The molecule has 1 amide bonds. The minimum absolute atomic E-state index is 0.0261. The van der Waals surface area contributed by atoms with E-state index in [9.17, 15) is 4.79 Å². The third kappa shape index (κ3) is 4.30. The van der Waals surface area contributed by atoms with Gasteiger partial charge in [0.25, 0.3) is 0 Å². The molecule has 22 heavy (non-hydrogen) atoms. The normalized spacial score (nSPS) is 21.7. The first kappa shape index (κ1) is 17.0. The molecule has 6 heteroatoms. The van der Waals surface area contributed by atoms with E-state index in [0.29, 0.717) is 17.6 Å². The molecule has 2 atom stereocenters. The van der Waals surface area contributed by atoms with E-state index in [1.807, 2.05) is 6.92 Å². The van der Waals surface area contributed by atoms with Crippen molar-refractivity contribution in [3.8, 4) is 0 Å². The maximum absolute atomic E-state index is 12.7. The number of hydrogen-bond donors (Lipinski definition) is 1. The van der Waals surface area contributed by atoms with E-state index in [1.54, 1.807) is 6.07 Å². The second-order valence-electron chi connectivity index (χ2n) is 6.32. The van der Waals surface area contributed by atoms with Crippen molar-refractivity contribution in [1.82, 2.24) is 15.0 Å². The van der Waals surface area contributed by atoms with Gasteiger partial charge in [0.05, 0.1) is 6.04 Å². The Bertz CT molecular complexity index is 488. The number of amides is 1. The zero-order chi connectivity index (χ0) is 16.1. The molecule has 0 bridgehead atoms. The van der Waals surface area contributed by atoms with E-state index < -0.39 is 0 Å². The lowest BCUT2D eigenvalue weighted by molar-refractivity contribution is -0.123. The van der Waals surface area contributed by atoms with Crippen LogP contribution >= 0.6 is 0 Å². The van der Waals surface area contributed by atoms with Gasteiger partial charge in [-0.2, -0.15) is 0 Å². The molecular formula is C16H28N4O2. The van der Waals surface area contributed by atoms with Crippen LogP contribution < -0.4 is 5.32 Å². The van der Waals surface area contributed by atoms with E-state index in [0.717, 1.165) is 38.9 Å². The highest BCUT2D eigenvalue weighted by molar-refractivity contribution is 5.94. The van der Waals surface area contributed by atoms with Gasteiger partial charge >= 0.3 is 0 Å². The van der Waals surface area contributed by atoms with E-state index in [-0.39, 0.29) is 11.9 Å². The number of likely N-dealkylation sites (N-methyl/N-ethyl adjacent to an activating group) is 1. The topological polar surface area (TPSA) is 61.6 Å². The van der Waals surface area contributed by atoms with Gasteiger partial charge in [-0.3, -0.25) is 9.69 Å². The van der Waals surface area contributed by atoms with E-state index in [2.05, 4.69) is 41.2 Å². The molecule has 0 radical (unpaired) electrons. The maximum atomic E-state index is 12.7. The predicted octanol–water partition coefficient (Wildman–Crippen LogP) is 2.12. The highest BCUT2D eigenvalue weighted by Gasteiger charge is 2.32. The van der Waals surface area contributed by atoms with Gasteiger partial charge < -0.3 is 14.7 Å². The average Bonchev–Trinajstić information content (AvgIpc) is 2.86. The van der Waals surface area contributed by atoms with Crippen LogP contribution in [0.15, 0.2) is 10.6 Å². The molecule has 0 aliphatic carbocycles. The van der Waals surface area contributed by atoms with Crippen molar-refractivity contribution in [3.05, 3.63) is 11.8 Å². The van der Waals surface area contributed by atoms with Gasteiger partial charge in [-0.05, 0) is 27.3 Å². The Balaban J connectivity index is 2.05. The van der Waals surface area contributed by atoms with Crippen molar-refractivity contribution in [3.63, 3.8) is 0 Å². The number of nitrogens with one attached hydrogen (secondary N) is 1. The Morgan fingerprint density at radius 3 is 2.91 bits per heavy atom. The van der Waals surface area contributed by atoms with Gasteiger partial charge in [-0.25, -0.2) is 0 Å². The molecule has 2 heterocycles. The van der Waals surface area contributed by atoms with Gasteiger partial charge in [0.1, 0.15) is 5.76 Å². The number of carbonyl (C=O) groups excluding carboxylic acids is 1. The van der Waals surface area contributed by atoms with Crippen molar-refractivity contribution in [1.29, 1.82) is 0 Å². The van der Waals surface area contributed by atoms with Crippen molar-refractivity contribution >= 4 is 11.7 Å². The Kier molecular flexibility index (Phi) is 5.97. The minimum Gasteiger partial charge on any atom is -0.360 e. The number of aromatic nitrogens is 1. The van der Waals surface area contributed by atoms with Crippen LogP contribution in [0.25, 0.3) is 0 Å². The molecule has 0 saturated carbocycles. The Hall–Kier alpha value is -1.40. The summed E-state index contributed by atoms with van der Waals surface area (Å²) in [6, 6.07) is 2.04. The fourth-order valence-electron chi connectivity index (χ4n) is 3.10. The predicted molar refractivity (Wildman–Crippen MR) is 86.8 cm³/mol. The van der Waals surface area contributed by atoms with Crippen LogP contribution in [0.3, 0.4) is 0 Å². The summed E-state index contributed by atoms with van der Waals surface area (Å²) in [6.07, 6.45) is 3.02. The van der Waals surface area contributed by atoms with Gasteiger partial charge in [0.2, 0.25) is 5.91 Å². The fourth-order valence-corrected chi connectivity index (χ4v) is 3.10. The highest BCUT2D eigenvalue weighted by atomic mass is 16.5. The number of hydrogen-bond acceptors (Lipinski definition) is 5. The first-order valence-electron chi connectivity index (χ1n) is 8.19. The summed E-state index contributed by atoms with van der Waals surface area (Å²) in [7, 11) is 2.13. The lowest BCUT2D eigenvalue weighted by Crippen LogP contribution is -2.57. The van der Waals surface area contributed by atoms with Crippen LogP contribution in [0.1, 0.15) is 38.9 Å². The third-order valence-corrected chi connectivity index (χ3v) is 4.30. The summed E-state index contributed by atoms with van der Waals surface area (Å²) in [5.41, 5.74) is 0. The van der Waals surface area contributed by atoms with Crippen molar-refractivity contribution < 1.29 is 9.32 Å².